The van der Waals surface area contributed by atoms with E-state index in [0.717, 1.165) is 4.52 Å². The molecule has 2 aromatic heterocycles. The number of aryl methyl sites for hydroxylation is 1. The second kappa shape index (κ2) is 4.95. The van der Waals surface area contributed by atoms with Gasteiger partial charge in [0.15, 0.2) is 17.4 Å². The van der Waals surface area contributed by atoms with Gasteiger partial charge in [0.1, 0.15) is 12.2 Å². The molecule has 2 aromatic rings. The molecule has 116 valence electrons. The summed E-state index contributed by atoms with van der Waals surface area (Å²) in [5, 5.41) is 22.8. The van der Waals surface area contributed by atoms with Gasteiger partial charge < -0.3 is 14.9 Å². The Morgan fingerprint density at radius 2 is 2.32 bits per heavy atom. The lowest BCUT2D eigenvalue weighted by Crippen LogP contribution is -2.44. The summed E-state index contributed by atoms with van der Waals surface area (Å²) in [6.45, 7) is 0.758. The number of rotatable bonds is 2. The molecule has 0 amide bonds. The van der Waals surface area contributed by atoms with Crippen LogP contribution in [0.1, 0.15) is 17.5 Å². The van der Waals surface area contributed by atoms with Crippen molar-refractivity contribution >= 4 is 5.65 Å². The van der Waals surface area contributed by atoms with Crippen LogP contribution in [-0.2, 0) is 4.74 Å². The first-order valence-corrected chi connectivity index (χ1v) is 6.40. The van der Waals surface area contributed by atoms with E-state index < -0.39 is 36.7 Å². The van der Waals surface area contributed by atoms with Gasteiger partial charge in [-0.2, -0.15) is 4.39 Å². The average molecular weight is 310 g/mol. The molecule has 0 aliphatic carbocycles. The van der Waals surface area contributed by atoms with Gasteiger partial charge in [-0.05, 0) is 6.92 Å². The molecule has 0 aromatic carbocycles. The van der Waals surface area contributed by atoms with Crippen LogP contribution in [-0.4, -0.2) is 54.3 Å². The monoisotopic (exact) mass is 310 g/mol. The van der Waals surface area contributed by atoms with Gasteiger partial charge in [0.05, 0.1) is 24.2 Å². The summed E-state index contributed by atoms with van der Waals surface area (Å²) < 4.78 is 34.2. The lowest BCUT2D eigenvalue weighted by Gasteiger charge is -2.23. The van der Waals surface area contributed by atoms with Crippen molar-refractivity contribution in [1.82, 2.24) is 19.6 Å². The lowest BCUT2D eigenvalue weighted by molar-refractivity contribution is -0.0732. The van der Waals surface area contributed by atoms with E-state index in [2.05, 4.69) is 21.0 Å². The number of alkyl halides is 1. The van der Waals surface area contributed by atoms with Crippen LogP contribution in [0, 0.1) is 25.3 Å². The zero-order valence-electron chi connectivity index (χ0n) is 11.4. The molecule has 1 aliphatic heterocycles. The second-order valence-electron chi connectivity index (χ2n) is 5.00. The molecule has 1 fully saturated rings. The Balaban J connectivity index is 2.11. The normalized spacial score (nSPS) is 31.5. The topological polar surface area (TPSA) is 92.8 Å². The molecule has 1 aliphatic rings. The van der Waals surface area contributed by atoms with Crippen LogP contribution >= 0.6 is 0 Å². The van der Waals surface area contributed by atoms with E-state index in [1.807, 2.05) is 0 Å². The Hall–Kier alpha value is -2.15. The van der Waals surface area contributed by atoms with E-state index in [1.54, 1.807) is 0 Å². The van der Waals surface area contributed by atoms with Gasteiger partial charge in [0.25, 0.3) is 0 Å². The van der Waals surface area contributed by atoms with Crippen LogP contribution in [0.5, 0.6) is 0 Å². The van der Waals surface area contributed by atoms with Crippen LogP contribution in [0.2, 0.25) is 0 Å². The maximum Gasteiger partial charge on any atom is 0.326 e. The number of halogens is 2. The number of aromatic nitrogens is 4. The third-order valence-corrected chi connectivity index (χ3v) is 3.71. The minimum Gasteiger partial charge on any atom is -0.392 e. The van der Waals surface area contributed by atoms with Crippen LogP contribution in [0.4, 0.5) is 8.78 Å². The van der Waals surface area contributed by atoms with Gasteiger partial charge in [0.2, 0.25) is 0 Å². The highest BCUT2D eigenvalue weighted by Crippen LogP contribution is 2.41. The molecule has 0 radical (unpaired) electrons. The van der Waals surface area contributed by atoms with Gasteiger partial charge in [-0.25, -0.2) is 18.9 Å². The molecule has 4 atom stereocenters. The smallest absolute Gasteiger partial charge is 0.326 e. The number of imidazole rings is 1. The number of terminal acetylenes is 1. The minimum atomic E-state index is -1.93. The number of aliphatic hydroxyl groups is 2. The third-order valence-electron chi connectivity index (χ3n) is 3.71. The van der Waals surface area contributed by atoms with E-state index in [4.69, 9.17) is 11.2 Å². The minimum absolute atomic E-state index is 0.0662. The summed E-state index contributed by atoms with van der Waals surface area (Å²) in [6, 6.07) is 0. The molecule has 2 N–H and O–H groups in total. The Morgan fingerprint density at radius 3 is 2.91 bits per heavy atom. The van der Waals surface area contributed by atoms with E-state index in [1.165, 1.54) is 13.1 Å². The quantitative estimate of drug-likeness (QED) is 0.740. The van der Waals surface area contributed by atoms with Crippen molar-refractivity contribution in [1.29, 1.82) is 0 Å². The average Bonchev–Trinajstić information content (AvgIpc) is 3.01. The molecule has 3 heterocycles. The maximum absolute atomic E-state index is 14.4. The van der Waals surface area contributed by atoms with Crippen molar-refractivity contribution in [2.24, 2.45) is 0 Å². The summed E-state index contributed by atoms with van der Waals surface area (Å²) in [5.74, 6) is 2.07. The number of nitrogens with zero attached hydrogens (tertiary/aromatic N) is 4. The van der Waals surface area contributed by atoms with Crippen molar-refractivity contribution in [3.63, 3.8) is 0 Å². The predicted molar refractivity (Wildman–Crippen MR) is 68.9 cm³/mol. The number of aliphatic hydroxyl groups excluding tert-OH is 2. The van der Waals surface area contributed by atoms with Crippen molar-refractivity contribution in [2.45, 2.75) is 30.9 Å². The van der Waals surface area contributed by atoms with E-state index in [0.29, 0.717) is 0 Å². The van der Waals surface area contributed by atoms with Crippen LogP contribution in [0.25, 0.3) is 5.65 Å². The molecule has 7 nitrogen and oxygen atoms in total. The van der Waals surface area contributed by atoms with Crippen molar-refractivity contribution in [2.75, 3.05) is 6.61 Å². The van der Waals surface area contributed by atoms with Crippen LogP contribution in [0.3, 0.4) is 0 Å². The fraction of sp³-hybridized carbons (Fsp3) is 0.462. The van der Waals surface area contributed by atoms with Gasteiger partial charge in [-0.1, -0.05) is 5.92 Å². The van der Waals surface area contributed by atoms with Crippen molar-refractivity contribution in [3.05, 3.63) is 23.7 Å². The van der Waals surface area contributed by atoms with E-state index >= 15 is 0 Å². The summed E-state index contributed by atoms with van der Waals surface area (Å²) in [5.41, 5.74) is -1.31. The first-order chi connectivity index (χ1) is 10.4. The van der Waals surface area contributed by atoms with E-state index in [-0.39, 0.29) is 17.0 Å². The summed E-state index contributed by atoms with van der Waals surface area (Å²) in [6.07, 6.45) is 0.463. The summed E-state index contributed by atoms with van der Waals surface area (Å²) in [4.78, 5) is 7.51. The fourth-order valence-corrected chi connectivity index (χ4v) is 2.50. The summed E-state index contributed by atoms with van der Waals surface area (Å²) in [7, 11) is 0. The number of hydrogen-bond donors (Lipinski definition) is 2. The van der Waals surface area contributed by atoms with Gasteiger partial charge in [0, 0.05) is 0 Å². The molecule has 1 saturated heterocycles. The lowest BCUT2D eigenvalue weighted by atomic mass is 9.96. The molecule has 0 bridgehead atoms. The zero-order valence-corrected chi connectivity index (χ0v) is 11.4. The molecular formula is C13H12F2N4O3. The second-order valence-corrected chi connectivity index (χ2v) is 5.00. The third kappa shape index (κ3) is 1.89. The standard InChI is InChI=1S/C13H12F2N4O3/c1-3-13(5-20)10(21)8(14)9(22-13)7-4-16-11-6(2)17-12(15)18-19(7)11/h1,4,8-10,20-21H,5H2,2H3/t8-,9-,10-,13+/m0/s1. The van der Waals surface area contributed by atoms with Crippen LogP contribution < -0.4 is 0 Å². The predicted octanol–water partition coefficient (Wildman–Crippen LogP) is -0.294. The van der Waals surface area contributed by atoms with Gasteiger partial charge in [-0.15, -0.1) is 11.5 Å². The van der Waals surface area contributed by atoms with Gasteiger partial charge >= 0.3 is 6.08 Å². The number of hydrogen-bond acceptors (Lipinski definition) is 6. The van der Waals surface area contributed by atoms with Gasteiger partial charge in [-0.3, -0.25) is 0 Å². The number of ether oxygens (including phenoxy) is 1. The van der Waals surface area contributed by atoms with E-state index in [9.17, 15) is 19.0 Å². The highest BCUT2D eigenvalue weighted by Gasteiger charge is 2.55. The van der Waals surface area contributed by atoms with Crippen molar-refractivity contribution < 1.29 is 23.7 Å². The highest BCUT2D eigenvalue weighted by molar-refractivity contribution is 5.43. The largest absolute Gasteiger partial charge is 0.392 e. The Bertz CT molecular complexity index is 774. The first kappa shape index (κ1) is 14.8. The van der Waals surface area contributed by atoms with Crippen molar-refractivity contribution in [3.8, 4) is 12.3 Å². The molecule has 9 heteroatoms. The molecule has 0 spiro atoms. The first-order valence-electron chi connectivity index (χ1n) is 6.40. The molecule has 0 unspecified atom stereocenters. The zero-order chi connectivity index (χ0) is 16.1. The highest BCUT2D eigenvalue weighted by atomic mass is 19.1. The maximum atomic E-state index is 14.4. The summed E-state index contributed by atoms with van der Waals surface area (Å²) >= 11 is 0. The number of fused-ring (bicyclic) bond motifs is 1. The Labute approximate surface area is 123 Å². The van der Waals surface area contributed by atoms with Crippen LogP contribution in [0.15, 0.2) is 6.20 Å². The molecular weight excluding hydrogens is 298 g/mol. The SMILES string of the molecule is C#C[C@]1(CO)O[C@@H](c2cnc3c(C)nc(F)nn23)[C@H](F)[C@@H]1O. The fourth-order valence-electron chi connectivity index (χ4n) is 2.50. The molecule has 0 saturated carbocycles. The molecule has 3 rings (SSSR count). The Morgan fingerprint density at radius 1 is 1.59 bits per heavy atom. The Kier molecular flexibility index (Phi) is 3.32. The molecule has 22 heavy (non-hydrogen) atoms.